The lowest BCUT2D eigenvalue weighted by Crippen LogP contribution is -2.52. The molecule has 0 spiro atoms. The van der Waals surface area contributed by atoms with Crippen LogP contribution in [0.1, 0.15) is 36.5 Å². The van der Waals surface area contributed by atoms with Crippen LogP contribution in [0.15, 0.2) is 48.5 Å². The molecule has 0 radical (unpaired) electrons. The molecule has 1 N–H and O–H groups in total. The van der Waals surface area contributed by atoms with Crippen molar-refractivity contribution in [3.63, 3.8) is 0 Å². The first-order valence-electron chi connectivity index (χ1n) is 10.7. The molecule has 0 aliphatic carbocycles. The fourth-order valence-corrected chi connectivity index (χ4v) is 4.09. The van der Waals surface area contributed by atoms with Gasteiger partial charge in [0.15, 0.2) is 11.9 Å². The molecule has 2 aromatic rings. The fraction of sp³-hybridized carbons (Fsp3) is 0.375. The van der Waals surface area contributed by atoms with Crippen molar-refractivity contribution in [2.75, 3.05) is 36.4 Å². The van der Waals surface area contributed by atoms with Crippen LogP contribution in [0.25, 0.3) is 0 Å². The third-order valence-corrected chi connectivity index (χ3v) is 5.69. The minimum atomic E-state index is -0.637. The second-order valence-electron chi connectivity index (χ2n) is 8.03. The van der Waals surface area contributed by atoms with Gasteiger partial charge < -0.3 is 19.9 Å². The Bertz CT molecular complexity index is 984. The third-order valence-electron chi connectivity index (χ3n) is 5.69. The summed E-state index contributed by atoms with van der Waals surface area (Å²) in [4.78, 5) is 41.2. The van der Waals surface area contributed by atoms with Gasteiger partial charge in [0.05, 0.1) is 18.8 Å². The maximum Gasteiger partial charge on any atom is 0.265 e. The molecule has 1 atom stereocenters. The number of ether oxygens (including phenoxy) is 1. The van der Waals surface area contributed by atoms with E-state index in [2.05, 4.69) is 5.32 Å². The van der Waals surface area contributed by atoms with Crippen molar-refractivity contribution >= 4 is 29.0 Å². The SMILES string of the molecule is CC(=O)c1cccc(NC(=O)CN2C[C@@H](C(=O)N3CCCCC3)Oc3ccccc32)c1. The third kappa shape index (κ3) is 4.87. The number of hydrogen-bond donors (Lipinski definition) is 1. The Morgan fingerprint density at radius 2 is 1.81 bits per heavy atom. The van der Waals surface area contributed by atoms with Crippen LogP contribution >= 0.6 is 0 Å². The summed E-state index contributed by atoms with van der Waals surface area (Å²) in [5.74, 6) is 0.308. The van der Waals surface area contributed by atoms with Crippen LogP contribution in [0, 0.1) is 0 Å². The van der Waals surface area contributed by atoms with Crippen molar-refractivity contribution < 1.29 is 19.1 Å². The van der Waals surface area contributed by atoms with Crippen LogP contribution in [0.5, 0.6) is 5.75 Å². The summed E-state index contributed by atoms with van der Waals surface area (Å²) in [6.07, 6.45) is 2.54. The topological polar surface area (TPSA) is 79.0 Å². The van der Waals surface area contributed by atoms with Crippen LogP contribution < -0.4 is 15.0 Å². The molecule has 0 aromatic heterocycles. The maximum atomic E-state index is 13.0. The lowest BCUT2D eigenvalue weighted by atomic mass is 10.1. The van der Waals surface area contributed by atoms with Gasteiger partial charge >= 0.3 is 0 Å². The number of anilines is 2. The first-order valence-corrected chi connectivity index (χ1v) is 10.7. The lowest BCUT2D eigenvalue weighted by molar-refractivity contribution is -0.139. The van der Waals surface area contributed by atoms with Crippen molar-refractivity contribution in [1.82, 2.24) is 4.90 Å². The van der Waals surface area contributed by atoms with E-state index < -0.39 is 6.10 Å². The number of carbonyl (C=O) groups excluding carboxylic acids is 3. The minimum Gasteiger partial charge on any atom is -0.477 e. The minimum absolute atomic E-state index is 0.0197. The Labute approximate surface area is 182 Å². The Kier molecular flexibility index (Phi) is 6.21. The number of amides is 2. The van der Waals surface area contributed by atoms with Gasteiger partial charge in [0.1, 0.15) is 5.75 Å². The molecule has 7 heteroatoms. The zero-order valence-electron chi connectivity index (χ0n) is 17.7. The number of nitrogens with zero attached hydrogens (tertiary/aromatic N) is 2. The standard InChI is InChI=1S/C24H27N3O4/c1-17(28)18-8-7-9-19(14-18)25-23(29)16-27-15-22(24(30)26-12-5-2-6-13-26)31-21-11-4-3-10-20(21)27/h3-4,7-11,14,22H,2,5-6,12-13,15-16H2,1H3,(H,25,29)/t22-/m0/s1. The molecule has 2 amide bonds. The Balaban J connectivity index is 1.48. The molecule has 162 valence electrons. The van der Waals surface area contributed by atoms with Gasteiger partial charge in [-0.2, -0.15) is 0 Å². The highest BCUT2D eigenvalue weighted by atomic mass is 16.5. The molecule has 1 fully saturated rings. The highest BCUT2D eigenvalue weighted by Gasteiger charge is 2.34. The van der Waals surface area contributed by atoms with Crippen LogP contribution in [0.3, 0.4) is 0 Å². The second-order valence-corrected chi connectivity index (χ2v) is 8.03. The number of para-hydroxylation sites is 2. The predicted molar refractivity (Wildman–Crippen MR) is 119 cm³/mol. The number of carbonyl (C=O) groups is 3. The molecule has 2 aliphatic rings. The summed E-state index contributed by atoms with van der Waals surface area (Å²) in [6, 6.07) is 14.3. The lowest BCUT2D eigenvalue weighted by Gasteiger charge is -2.38. The molecule has 2 heterocycles. The number of benzene rings is 2. The smallest absolute Gasteiger partial charge is 0.265 e. The molecular formula is C24H27N3O4. The van der Waals surface area contributed by atoms with E-state index >= 15 is 0 Å². The van der Waals surface area contributed by atoms with E-state index in [9.17, 15) is 14.4 Å². The average molecular weight is 421 g/mol. The molecule has 4 rings (SSSR count). The van der Waals surface area contributed by atoms with Crippen molar-refractivity contribution in [1.29, 1.82) is 0 Å². The maximum absolute atomic E-state index is 13.0. The first-order chi connectivity index (χ1) is 15.0. The van der Waals surface area contributed by atoms with Gasteiger partial charge in [-0.25, -0.2) is 0 Å². The summed E-state index contributed by atoms with van der Waals surface area (Å²) in [5, 5.41) is 2.85. The van der Waals surface area contributed by atoms with Crippen LogP contribution in [-0.4, -0.2) is 54.8 Å². The summed E-state index contributed by atoms with van der Waals surface area (Å²) in [7, 11) is 0. The molecule has 0 bridgehead atoms. The zero-order valence-corrected chi connectivity index (χ0v) is 17.7. The van der Waals surface area contributed by atoms with Crippen molar-refractivity contribution in [2.24, 2.45) is 0 Å². The average Bonchev–Trinajstić information content (AvgIpc) is 2.79. The number of likely N-dealkylation sites (tertiary alicyclic amines) is 1. The second kappa shape index (κ2) is 9.20. The van der Waals surface area contributed by atoms with E-state index in [0.29, 0.717) is 23.5 Å². The van der Waals surface area contributed by atoms with Crippen LogP contribution in [0.2, 0.25) is 0 Å². The summed E-state index contributed by atoms with van der Waals surface area (Å²) in [6.45, 7) is 3.40. The van der Waals surface area contributed by atoms with E-state index in [-0.39, 0.29) is 24.1 Å². The fourth-order valence-electron chi connectivity index (χ4n) is 4.09. The van der Waals surface area contributed by atoms with Gasteiger partial charge in [-0.1, -0.05) is 24.3 Å². The van der Waals surface area contributed by atoms with Crippen molar-refractivity contribution in [2.45, 2.75) is 32.3 Å². The number of fused-ring (bicyclic) bond motifs is 1. The Morgan fingerprint density at radius 3 is 2.58 bits per heavy atom. The Morgan fingerprint density at radius 1 is 1.03 bits per heavy atom. The van der Waals surface area contributed by atoms with Gasteiger partial charge in [-0.3, -0.25) is 14.4 Å². The summed E-state index contributed by atoms with van der Waals surface area (Å²) in [5.41, 5.74) is 1.90. The molecule has 2 aliphatic heterocycles. The highest BCUT2D eigenvalue weighted by Crippen LogP contribution is 2.33. The van der Waals surface area contributed by atoms with E-state index in [4.69, 9.17) is 4.74 Å². The number of rotatable bonds is 5. The first kappa shape index (κ1) is 20.9. The molecule has 1 saturated heterocycles. The highest BCUT2D eigenvalue weighted by molar-refractivity contribution is 5.98. The van der Waals surface area contributed by atoms with Gasteiger partial charge in [0.2, 0.25) is 5.91 Å². The van der Waals surface area contributed by atoms with Crippen LogP contribution in [-0.2, 0) is 9.59 Å². The van der Waals surface area contributed by atoms with Gasteiger partial charge in [-0.15, -0.1) is 0 Å². The number of hydrogen-bond acceptors (Lipinski definition) is 5. The molecule has 31 heavy (non-hydrogen) atoms. The molecule has 0 saturated carbocycles. The molecule has 0 unspecified atom stereocenters. The molecule has 7 nitrogen and oxygen atoms in total. The number of piperidine rings is 1. The quantitative estimate of drug-likeness (QED) is 0.751. The number of nitrogens with one attached hydrogen (secondary N) is 1. The molecular weight excluding hydrogens is 394 g/mol. The molecule has 2 aromatic carbocycles. The monoisotopic (exact) mass is 421 g/mol. The number of Topliss-reactive ketones (excluding diaryl/α,β-unsaturated/α-hetero) is 1. The van der Waals surface area contributed by atoms with Crippen LogP contribution in [0.4, 0.5) is 11.4 Å². The van der Waals surface area contributed by atoms with Gasteiger partial charge in [-0.05, 0) is 50.5 Å². The van der Waals surface area contributed by atoms with E-state index in [1.807, 2.05) is 34.1 Å². The zero-order chi connectivity index (χ0) is 21.8. The van der Waals surface area contributed by atoms with E-state index in [0.717, 1.165) is 38.0 Å². The van der Waals surface area contributed by atoms with Gasteiger partial charge in [0.25, 0.3) is 5.91 Å². The van der Waals surface area contributed by atoms with Crippen molar-refractivity contribution in [3.05, 3.63) is 54.1 Å². The number of ketones is 1. The normalized spacial score (nSPS) is 18.0. The largest absolute Gasteiger partial charge is 0.477 e. The van der Waals surface area contributed by atoms with Crippen molar-refractivity contribution in [3.8, 4) is 5.75 Å². The predicted octanol–water partition coefficient (Wildman–Crippen LogP) is 3.11. The van der Waals surface area contributed by atoms with E-state index in [1.54, 1.807) is 24.3 Å². The van der Waals surface area contributed by atoms with Gasteiger partial charge in [0, 0.05) is 24.3 Å². The summed E-state index contributed by atoms with van der Waals surface area (Å²) < 4.78 is 6.02. The van der Waals surface area contributed by atoms with E-state index in [1.165, 1.54) is 6.92 Å². The Hall–Kier alpha value is -3.35. The summed E-state index contributed by atoms with van der Waals surface area (Å²) >= 11 is 0.